The molecule has 0 aromatic carbocycles. The lowest BCUT2D eigenvalue weighted by Gasteiger charge is -2.23. The maximum absolute atomic E-state index is 11.7. The number of alkyl carbamates (subject to hydrolysis) is 1. The van der Waals surface area contributed by atoms with Crippen molar-refractivity contribution in [3.63, 3.8) is 0 Å². The van der Waals surface area contributed by atoms with E-state index in [0.29, 0.717) is 6.10 Å². The Balaban J connectivity index is 1.82. The van der Waals surface area contributed by atoms with Crippen LogP contribution in [0, 0.1) is 0 Å². The van der Waals surface area contributed by atoms with Gasteiger partial charge in [-0.15, -0.1) is 0 Å². The number of epoxide rings is 1. The average molecular weight is 241 g/mol. The monoisotopic (exact) mass is 241 g/mol. The van der Waals surface area contributed by atoms with Crippen LogP contribution in [0.4, 0.5) is 4.79 Å². The molecular weight excluding hydrogens is 218 g/mol. The van der Waals surface area contributed by atoms with Crippen molar-refractivity contribution in [1.29, 1.82) is 0 Å². The molecule has 0 aromatic rings. The van der Waals surface area contributed by atoms with Crippen LogP contribution in [0.5, 0.6) is 0 Å². The van der Waals surface area contributed by atoms with Gasteiger partial charge in [0.1, 0.15) is 11.7 Å². The smallest absolute Gasteiger partial charge is 0.407 e. The van der Waals surface area contributed by atoms with E-state index < -0.39 is 5.60 Å². The molecule has 0 bridgehead atoms. The lowest BCUT2D eigenvalue weighted by Crippen LogP contribution is -2.42. The number of hydrogen-bond acceptors (Lipinski definition) is 3. The van der Waals surface area contributed by atoms with Crippen molar-refractivity contribution in [3.8, 4) is 0 Å². The van der Waals surface area contributed by atoms with E-state index in [1.807, 2.05) is 20.8 Å². The van der Waals surface area contributed by atoms with Crippen LogP contribution < -0.4 is 5.32 Å². The van der Waals surface area contributed by atoms with Crippen LogP contribution in [0.2, 0.25) is 0 Å². The van der Waals surface area contributed by atoms with Gasteiger partial charge in [-0.2, -0.15) is 0 Å². The van der Waals surface area contributed by atoms with Crippen molar-refractivity contribution >= 4 is 6.09 Å². The fourth-order valence-corrected chi connectivity index (χ4v) is 2.41. The highest BCUT2D eigenvalue weighted by atomic mass is 16.6. The van der Waals surface area contributed by atoms with Crippen molar-refractivity contribution in [2.24, 2.45) is 0 Å². The molecule has 4 heteroatoms. The first-order valence-corrected chi connectivity index (χ1v) is 6.61. The Morgan fingerprint density at radius 2 is 1.94 bits per heavy atom. The molecule has 1 saturated heterocycles. The normalized spacial score (nSPS) is 33.0. The number of carbonyl (C=O) groups is 1. The number of nitrogens with one attached hydrogen (secondary N) is 1. The van der Waals surface area contributed by atoms with Crippen molar-refractivity contribution < 1.29 is 14.3 Å². The molecule has 3 atom stereocenters. The average Bonchev–Trinajstić information content (AvgIpc) is 2.87. The second-order valence-electron chi connectivity index (χ2n) is 6.03. The molecule has 1 N–H and O–H groups in total. The molecule has 1 amide bonds. The predicted molar refractivity (Wildman–Crippen MR) is 64.9 cm³/mol. The van der Waals surface area contributed by atoms with E-state index in [2.05, 4.69) is 5.32 Å². The van der Waals surface area contributed by atoms with Crippen LogP contribution in [0.3, 0.4) is 0 Å². The van der Waals surface area contributed by atoms with Gasteiger partial charge in [-0.25, -0.2) is 4.79 Å². The van der Waals surface area contributed by atoms with Crippen LogP contribution in [-0.4, -0.2) is 29.9 Å². The van der Waals surface area contributed by atoms with Crippen LogP contribution in [-0.2, 0) is 9.47 Å². The van der Waals surface area contributed by atoms with Gasteiger partial charge in [0, 0.05) is 0 Å². The van der Waals surface area contributed by atoms with E-state index in [4.69, 9.17) is 9.47 Å². The maximum atomic E-state index is 11.7. The highest BCUT2D eigenvalue weighted by Crippen LogP contribution is 2.34. The molecular formula is C13H23NO3. The van der Waals surface area contributed by atoms with Gasteiger partial charge in [-0.1, -0.05) is 19.3 Å². The number of hydrogen-bond donors (Lipinski definition) is 1. The van der Waals surface area contributed by atoms with E-state index in [1.54, 1.807) is 0 Å². The second-order valence-corrected chi connectivity index (χ2v) is 6.03. The van der Waals surface area contributed by atoms with Crippen LogP contribution in [0.1, 0.15) is 52.9 Å². The quantitative estimate of drug-likeness (QED) is 0.718. The zero-order valence-corrected chi connectivity index (χ0v) is 11.0. The molecule has 4 nitrogen and oxygen atoms in total. The molecule has 17 heavy (non-hydrogen) atoms. The summed E-state index contributed by atoms with van der Waals surface area (Å²) in [7, 11) is 0. The molecule has 0 radical (unpaired) electrons. The lowest BCUT2D eigenvalue weighted by molar-refractivity contribution is 0.0491. The number of amides is 1. The molecule has 2 aliphatic rings. The molecule has 0 aromatic heterocycles. The first-order chi connectivity index (χ1) is 7.96. The number of ether oxygens (including phenoxy) is 2. The fraction of sp³-hybridized carbons (Fsp3) is 0.923. The third-order valence-corrected chi connectivity index (χ3v) is 3.22. The molecule has 2 rings (SSSR count). The van der Waals surface area contributed by atoms with Crippen LogP contribution >= 0.6 is 0 Å². The van der Waals surface area contributed by atoms with E-state index in [9.17, 15) is 4.79 Å². The van der Waals surface area contributed by atoms with Gasteiger partial charge >= 0.3 is 6.09 Å². The Bertz CT molecular complexity index is 285. The minimum Gasteiger partial charge on any atom is -0.444 e. The minimum absolute atomic E-state index is 0.134. The standard InChI is InChI=1S/C13H23NO3/c1-13(2,3)17-12(15)14-9-7-5-4-6-8-10-11(9)16-10/h9-11H,4-8H2,1-3H3,(H,14,15). The van der Waals surface area contributed by atoms with Crippen molar-refractivity contribution in [1.82, 2.24) is 5.32 Å². The summed E-state index contributed by atoms with van der Waals surface area (Å²) in [5.41, 5.74) is -0.435. The van der Waals surface area contributed by atoms with Gasteiger partial charge < -0.3 is 14.8 Å². The van der Waals surface area contributed by atoms with Crippen molar-refractivity contribution in [3.05, 3.63) is 0 Å². The molecule has 1 heterocycles. The number of rotatable bonds is 1. The summed E-state index contributed by atoms with van der Waals surface area (Å²) < 4.78 is 10.9. The van der Waals surface area contributed by atoms with Gasteiger partial charge in [0.25, 0.3) is 0 Å². The van der Waals surface area contributed by atoms with Gasteiger partial charge in [0.2, 0.25) is 0 Å². The third kappa shape index (κ3) is 3.87. The molecule has 1 saturated carbocycles. The minimum atomic E-state index is -0.435. The highest BCUT2D eigenvalue weighted by Gasteiger charge is 2.45. The lowest BCUT2D eigenvalue weighted by atomic mass is 9.97. The van der Waals surface area contributed by atoms with Gasteiger partial charge in [-0.3, -0.25) is 0 Å². The fourth-order valence-electron chi connectivity index (χ4n) is 2.41. The summed E-state index contributed by atoms with van der Waals surface area (Å²) in [6.45, 7) is 5.63. The first-order valence-electron chi connectivity index (χ1n) is 6.61. The molecule has 2 fully saturated rings. The number of carbonyl (C=O) groups excluding carboxylic acids is 1. The summed E-state index contributed by atoms with van der Waals surface area (Å²) in [4.78, 5) is 11.7. The van der Waals surface area contributed by atoms with E-state index >= 15 is 0 Å². The Labute approximate surface area is 103 Å². The molecule has 3 unspecified atom stereocenters. The van der Waals surface area contributed by atoms with E-state index in [0.717, 1.165) is 19.3 Å². The number of fused-ring (bicyclic) bond motifs is 1. The molecule has 1 aliphatic carbocycles. The Morgan fingerprint density at radius 3 is 2.65 bits per heavy atom. The molecule has 0 spiro atoms. The Morgan fingerprint density at radius 1 is 1.24 bits per heavy atom. The summed E-state index contributed by atoms with van der Waals surface area (Å²) >= 11 is 0. The largest absolute Gasteiger partial charge is 0.444 e. The summed E-state index contributed by atoms with van der Waals surface area (Å²) in [5, 5.41) is 2.95. The second kappa shape index (κ2) is 4.84. The SMILES string of the molecule is CC(C)(C)OC(=O)NC1CCCCCC2OC12. The summed E-state index contributed by atoms with van der Waals surface area (Å²) in [6, 6.07) is 0.134. The van der Waals surface area contributed by atoms with Crippen LogP contribution in [0.25, 0.3) is 0 Å². The van der Waals surface area contributed by atoms with E-state index in [-0.39, 0.29) is 18.2 Å². The van der Waals surface area contributed by atoms with Gasteiger partial charge in [0.05, 0.1) is 12.1 Å². The third-order valence-electron chi connectivity index (χ3n) is 3.22. The predicted octanol–water partition coefficient (Wildman–Crippen LogP) is 2.61. The Kier molecular flexibility index (Phi) is 3.61. The summed E-state index contributed by atoms with van der Waals surface area (Å²) in [5.74, 6) is 0. The highest BCUT2D eigenvalue weighted by molar-refractivity contribution is 5.68. The van der Waals surface area contributed by atoms with E-state index in [1.165, 1.54) is 12.8 Å². The zero-order chi connectivity index (χ0) is 12.5. The van der Waals surface area contributed by atoms with Crippen LogP contribution in [0.15, 0.2) is 0 Å². The zero-order valence-electron chi connectivity index (χ0n) is 11.0. The first kappa shape index (κ1) is 12.7. The van der Waals surface area contributed by atoms with Gasteiger partial charge in [-0.05, 0) is 33.6 Å². The molecule has 1 aliphatic heterocycles. The molecule has 98 valence electrons. The van der Waals surface area contributed by atoms with Crippen molar-refractivity contribution in [2.45, 2.75) is 76.7 Å². The summed E-state index contributed by atoms with van der Waals surface area (Å²) in [6.07, 6.45) is 6.06. The van der Waals surface area contributed by atoms with Crippen molar-refractivity contribution in [2.75, 3.05) is 0 Å². The topological polar surface area (TPSA) is 50.9 Å². The Hall–Kier alpha value is -0.770. The maximum Gasteiger partial charge on any atom is 0.407 e. The van der Waals surface area contributed by atoms with Gasteiger partial charge in [0.15, 0.2) is 0 Å².